The maximum atomic E-state index is 13.8. The van der Waals surface area contributed by atoms with Crippen LogP contribution < -0.4 is 15.9 Å². The topological polar surface area (TPSA) is 114 Å². The number of amides is 3. The summed E-state index contributed by atoms with van der Waals surface area (Å²) in [7, 11) is 1.58. The first kappa shape index (κ1) is 31.0. The summed E-state index contributed by atoms with van der Waals surface area (Å²) in [6.45, 7) is 5.84. The van der Waals surface area contributed by atoms with E-state index in [9.17, 15) is 14.4 Å². The van der Waals surface area contributed by atoms with Crippen LogP contribution in [0.5, 0.6) is 5.75 Å². The summed E-state index contributed by atoms with van der Waals surface area (Å²) in [5, 5.41) is 1.94. The second-order valence-corrected chi connectivity index (χ2v) is 10.9. The van der Waals surface area contributed by atoms with Gasteiger partial charge in [-0.2, -0.15) is 0 Å². The summed E-state index contributed by atoms with van der Waals surface area (Å²) in [6, 6.07) is 13.6. The highest BCUT2D eigenvalue weighted by Gasteiger charge is 2.33. The molecule has 216 valence electrons. The van der Waals surface area contributed by atoms with Crippen LogP contribution in [0.1, 0.15) is 44.7 Å². The number of carbonyl (C=O) groups is 3. The summed E-state index contributed by atoms with van der Waals surface area (Å²) in [6.07, 6.45) is 6.18. The van der Waals surface area contributed by atoms with E-state index in [4.69, 9.17) is 26.8 Å². The van der Waals surface area contributed by atoms with Gasteiger partial charge in [0.05, 0.1) is 25.7 Å². The van der Waals surface area contributed by atoms with Crippen molar-refractivity contribution >= 4 is 29.5 Å². The molecular weight excluding hydrogens is 532 g/mol. The molecule has 2 aromatic rings. The number of urea groups is 1. The lowest BCUT2D eigenvalue weighted by atomic mass is 9.83. The number of nitrogens with one attached hydrogen (secondary N) is 1. The smallest absolute Gasteiger partial charge is 0.339 e. The van der Waals surface area contributed by atoms with Gasteiger partial charge >= 0.3 is 12.0 Å². The van der Waals surface area contributed by atoms with E-state index in [0.717, 1.165) is 24.0 Å². The van der Waals surface area contributed by atoms with Gasteiger partial charge in [-0.1, -0.05) is 54.9 Å². The van der Waals surface area contributed by atoms with Crippen LogP contribution in [0.3, 0.4) is 0 Å². The number of methoxy groups -OCH3 is 1. The van der Waals surface area contributed by atoms with Crippen molar-refractivity contribution in [3.8, 4) is 5.75 Å². The molecule has 3 unspecified atom stereocenters. The van der Waals surface area contributed by atoms with Crippen molar-refractivity contribution in [3.05, 3.63) is 76.8 Å². The van der Waals surface area contributed by atoms with Gasteiger partial charge in [0.25, 0.3) is 5.91 Å². The second kappa shape index (κ2) is 14.2. The molecule has 1 aliphatic heterocycles. The Morgan fingerprint density at radius 1 is 1.23 bits per heavy atom. The number of nitrogens with two attached hydrogens (primary N) is 1. The van der Waals surface area contributed by atoms with E-state index in [1.54, 1.807) is 31.1 Å². The SMILES string of the molecule is COc1ccc(CN(NC(=O)C(C)N)C(=O)N2CCCC2/C=C/C(C)(COC(C)=O)Cc2cccc(Cl)c2)cc1. The zero-order valence-electron chi connectivity index (χ0n) is 23.6. The van der Waals surface area contributed by atoms with Crippen molar-refractivity contribution in [1.29, 1.82) is 0 Å². The van der Waals surface area contributed by atoms with E-state index in [2.05, 4.69) is 5.43 Å². The second-order valence-electron chi connectivity index (χ2n) is 10.5. The molecule has 1 fully saturated rings. The third-order valence-electron chi connectivity index (χ3n) is 6.76. The maximum absolute atomic E-state index is 13.8. The van der Waals surface area contributed by atoms with E-state index in [1.807, 2.05) is 55.5 Å². The molecule has 3 atom stereocenters. The molecule has 9 nitrogen and oxygen atoms in total. The Morgan fingerprint density at radius 3 is 2.58 bits per heavy atom. The number of hydrazine groups is 1. The first-order chi connectivity index (χ1) is 19.0. The highest BCUT2D eigenvalue weighted by molar-refractivity contribution is 6.30. The van der Waals surface area contributed by atoms with Crippen molar-refractivity contribution in [2.75, 3.05) is 20.3 Å². The molecule has 10 heteroatoms. The third kappa shape index (κ3) is 8.99. The summed E-state index contributed by atoms with van der Waals surface area (Å²) in [5.74, 6) is -0.119. The van der Waals surface area contributed by atoms with Crippen molar-refractivity contribution in [2.24, 2.45) is 11.1 Å². The summed E-state index contributed by atoms with van der Waals surface area (Å²) >= 11 is 6.20. The normalized spacial score (nSPS) is 17.2. The largest absolute Gasteiger partial charge is 0.497 e. The molecule has 3 N–H and O–H groups in total. The molecular formula is C30H39ClN4O5. The van der Waals surface area contributed by atoms with Crippen LogP contribution in [-0.2, 0) is 27.3 Å². The minimum absolute atomic E-state index is 0.160. The molecule has 3 amide bonds. The number of benzene rings is 2. The minimum atomic E-state index is -0.783. The van der Waals surface area contributed by atoms with E-state index >= 15 is 0 Å². The van der Waals surface area contributed by atoms with Crippen molar-refractivity contribution < 1.29 is 23.9 Å². The van der Waals surface area contributed by atoms with Crippen molar-refractivity contribution in [1.82, 2.24) is 15.3 Å². The summed E-state index contributed by atoms with van der Waals surface area (Å²) in [4.78, 5) is 39.6. The van der Waals surface area contributed by atoms with Gasteiger partial charge in [0.2, 0.25) is 0 Å². The minimum Gasteiger partial charge on any atom is -0.497 e. The van der Waals surface area contributed by atoms with Crippen molar-refractivity contribution in [2.45, 2.75) is 58.7 Å². The van der Waals surface area contributed by atoms with Gasteiger partial charge in [0, 0.05) is 23.9 Å². The Bertz CT molecular complexity index is 1200. The Balaban J connectivity index is 1.82. The fraction of sp³-hybridized carbons (Fsp3) is 0.433. The number of likely N-dealkylation sites (tertiary alicyclic amines) is 1. The number of rotatable bonds is 10. The van der Waals surface area contributed by atoms with E-state index in [-0.39, 0.29) is 31.2 Å². The molecule has 0 saturated carbocycles. The Kier molecular flexibility index (Phi) is 11.0. The molecule has 2 aromatic carbocycles. The van der Waals surface area contributed by atoms with Gasteiger partial charge in [-0.3, -0.25) is 15.0 Å². The molecule has 1 aliphatic rings. The number of hydrogen-bond acceptors (Lipinski definition) is 6. The number of hydrogen-bond donors (Lipinski definition) is 2. The number of ether oxygens (including phenoxy) is 2. The molecule has 1 heterocycles. The van der Waals surface area contributed by atoms with Crippen LogP contribution in [0, 0.1) is 5.41 Å². The third-order valence-corrected chi connectivity index (χ3v) is 6.99. The monoisotopic (exact) mass is 570 g/mol. The van der Waals surface area contributed by atoms with Crippen LogP contribution >= 0.6 is 11.6 Å². The molecule has 0 aromatic heterocycles. The van der Waals surface area contributed by atoms with E-state index < -0.39 is 17.4 Å². The van der Waals surface area contributed by atoms with Gasteiger partial charge < -0.3 is 20.1 Å². The average molecular weight is 571 g/mol. The molecule has 0 aliphatic carbocycles. The molecule has 0 spiro atoms. The molecule has 3 rings (SSSR count). The highest BCUT2D eigenvalue weighted by Crippen LogP contribution is 2.29. The van der Waals surface area contributed by atoms with Crippen LogP contribution in [0.25, 0.3) is 0 Å². The van der Waals surface area contributed by atoms with E-state index in [1.165, 1.54) is 11.9 Å². The zero-order valence-corrected chi connectivity index (χ0v) is 24.3. The Morgan fingerprint density at radius 2 is 1.95 bits per heavy atom. The van der Waals surface area contributed by atoms with Gasteiger partial charge in [0.1, 0.15) is 12.4 Å². The van der Waals surface area contributed by atoms with Crippen LogP contribution in [0.4, 0.5) is 4.79 Å². The molecule has 40 heavy (non-hydrogen) atoms. The Hall–Kier alpha value is -3.56. The first-order valence-electron chi connectivity index (χ1n) is 13.3. The zero-order chi connectivity index (χ0) is 29.3. The summed E-state index contributed by atoms with van der Waals surface area (Å²) < 4.78 is 10.6. The van der Waals surface area contributed by atoms with Gasteiger partial charge in [0.15, 0.2) is 0 Å². The van der Waals surface area contributed by atoms with Crippen LogP contribution in [0.15, 0.2) is 60.7 Å². The molecule has 0 bridgehead atoms. The lowest BCUT2D eigenvalue weighted by Gasteiger charge is -2.32. The van der Waals surface area contributed by atoms with Crippen molar-refractivity contribution in [3.63, 3.8) is 0 Å². The van der Waals surface area contributed by atoms with Crippen LogP contribution in [-0.4, -0.2) is 60.2 Å². The molecule has 1 saturated heterocycles. The first-order valence-corrected chi connectivity index (χ1v) is 13.7. The quantitative estimate of drug-likeness (QED) is 0.247. The van der Waals surface area contributed by atoms with Gasteiger partial charge in [-0.25, -0.2) is 9.80 Å². The van der Waals surface area contributed by atoms with Gasteiger partial charge in [-0.05, 0) is 61.6 Å². The predicted octanol–water partition coefficient (Wildman–Crippen LogP) is 4.48. The highest BCUT2D eigenvalue weighted by atomic mass is 35.5. The maximum Gasteiger partial charge on any atom is 0.339 e. The Labute approximate surface area is 241 Å². The number of halogens is 1. The fourth-order valence-electron chi connectivity index (χ4n) is 4.57. The fourth-order valence-corrected chi connectivity index (χ4v) is 4.78. The average Bonchev–Trinajstić information content (AvgIpc) is 3.39. The number of esters is 1. The lowest BCUT2D eigenvalue weighted by Crippen LogP contribution is -2.55. The van der Waals surface area contributed by atoms with Gasteiger partial charge in [-0.15, -0.1) is 0 Å². The number of nitrogens with zero attached hydrogens (tertiary/aromatic N) is 2. The van der Waals surface area contributed by atoms with Crippen LogP contribution in [0.2, 0.25) is 5.02 Å². The predicted molar refractivity (Wildman–Crippen MR) is 154 cm³/mol. The van der Waals surface area contributed by atoms with E-state index in [0.29, 0.717) is 23.7 Å². The lowest BCUT2D eigenvalue weighted by molar-refractivity contribution is -0.143. The summed E-state index contributed by atoms with van der Waals surface area (Å²) in [5.41, 5.74) is 9.77. The molecule has 0 radical (unpaired) electrons. The standard InChI is InChI=1S/C30H39ClN4O5/c1-21(32)28(37)33-35(19-23-10-12-27(39-4)13-11-23)29(38)34-16-6-9-26(34)14-15-30(3,20-40-22(2)36)18-24-7-5-8-25(31)17-24/h5,7-8,10-15,17,21,26H,6,9,16,18-20,32H2,1-4H3,(H,33,37)/b15-14+. The number of carbonyl (C=O) groups excluding carboxylic acids is 3.